The second-order valence-corrected chi connectivity index (χ2v) is 11.1. The van der Waals surface area contributed by atoms with Crippen LogP contribution in [0, 0.1) is 5.82 Å². The van der Waals surface area contributed by atoms with Crippen molar-refractivity contribution in [1.29, 1.82) is 0 Å². The molecule has 0 aliphatic carbocycles. The molecule has 6 rings (SSSR count). The Bertz CT molecular complexity index is 1910. The van der Waals surface area contributed by atoms with E-state index in [9.17, 15) is 22.8 Å². The SMILES string of the molecule is Nc1ccc(C=CC(=O)NCc2nnc(-c3ccc(-c4ccc(C(=O)N5CCC(F)(F)CC5)cc4)cc3-c3ccc(F)cc3)o2)cn1. The van der Waals surface area contributed by atoms with Crippen molar-refractivity contribution in [2.75, 3.05) is 18.8 Å². The second kappa shape index (κ2) is 13.3. The number of piperidine rings is 1. The zero-order valence-corrected chi connectivity index (χ0v) is 25.0. The molecule has 1 aliphatic rings. The number of carbonyl (C=O) groups is 2. The molecule has 1 aliphatic heterocycles. The Morgan fingerprint density at radius 2 is 1.60 bits per heavy atom. The van der Waals surface area contributed by atoms with Crippen LogP contribution in [-0.2, 0) is 11.3 Å². The summed E-state index contributed by atoms with van der Waals surface area (Å²) in [4.78, 5) is 30.7. The lowest BCUT2D eigenvalue weighted by molar-refractivity contribution is -0.116. The number of nitrogens with one attached hydrogen (secondary N) is 1. The number of alkyl halides is 2. The van der Waals surface area contributed by atoms with Crippen LogP contribution in [0.25, 0.3) is 39.8 Å². The summed E-state index contributed by atoms with van der Waals surface area (Å²) >= 11 is 0. The fourth-order valence-corrected chi connectivity index (χ4v) is 5.15. The summed E-state index contributed by atoms with van der Waals surface area (Å²) in [6.45, 7) is 0.0175. The van der Waals surface area contributed by atoms with E-state index in [4.69, 9.17) is 10.2 Å². The van der Waals surface area contributed by atoms with E-state index in [1.165, 1.54) is 23.1 Å². The molecule has 9 nitrogen and oxygen atoms in total. The highest BCUT2D eigenvalue weighted by molar-refractivity contribution is 5.95. The first-order valence-electron chi connectivity index (χ1n) is 14.8. The maximum absolute atomic E-state index is 13.8. The fraction of sp³-hybridized carbons (Fsp3) is 0.171. The molecule has 2 amide bonds. The zero-order chi connectivity index (χ0) is 33.0. The van der Waals surface area contributed by atoms with Crippen LogP contribution in [0.1, 0.15) is 34.7 Å². The Balaban J connectivity index is 1.20. The number of rotatable bonds is 8. The number of nitrogens with zero attached hydrogens (tertiary/aromatic N) is 4. The van der Waals surface area contributed by atoms with E-state index >= 15 is 0 Å². The van der Waals surface area contributed by atoms with E-state index in [0.717, 1.165) is 11.1 Å². The molecule has 2 aromatic heterocycles. The zero-order valence-electron chi connectivity index (χ0n) is 25.0. The van der Waals surface area contributed by atoms with Crippen molar-refractivity contribution in [3.63, 3.8) is 0 Å². The number of nitrogen functional groups attached to an aromatic ring is 1. The van der Waals surface area contributed by atoms with Crippen LogP contribution in [0.5, 0.6) is 0 Å². The average molecular weight is 639 g/mol. The van der Waals surface area contributed by atoms with Crippen molar-refractivity contribution in [2.45, 2.75) is 25.3 Å². The molecule has 1 fully saturated rings. The maximum Gasteiger partial charge on any atom is 0.253 e. The number of likely N-dealkylation sites (tertiary alicyclic amines) is 1. The number of anilines is 1. The van der Waals surface area contributed by atoms with Crippen molar-refractivity contribution in [2.24, 2.45) is 0 Å². The van der Waals surface area contributed by atoms with Crippen molar-refractivity contribution in [1.82, 2.24) is 25.4 Å². The Kier molecular flexibility index (Phi) is 8.83. The molecule has 5 aromatic rings. The Morgan fingerprint density at radius 3 is 2.30 bits per heavy atom. The molecule has 1 saturated heterocycles. The van der Waals surface area contributed by atoms with Gasteiger partial charge in [-0.1, -0.05) is 30.3 Å². The van der Waals surface area contributed by atoms with Gasteiger partial charge in [0.15, 0.2) is 0 Å². The summed E-state index contributed by atoms with van der Waals surface area (Å²) in [5.74, 6) is -3.01. The fourth-order valence-electron chi connectivity index (χ4n) is 5.15. The van der Waals surface area contributed by atoms with Gasteiger partial charge in [-0.15, -0.1) is 10.2 Å². The van der Waals surface area contributed by atoms with Gasteiger partial charge in [0, 0.05) is 49.3 Å². The monoisotopic (exact) mass is 638 g/mol. The van der Waals surface area contributed by atoms with Crippen molar-refractivity contribution < 1.29 is 27.2 Å². The number of carbonyl (C=O) groups excluding carboxylic acids is 2. The summed E-state index contributed by atoms with van der Waals surface area (Å²) in [7, 11) is 0. The summed E-state index contributed by atoms with van der Waals surface area (Å²) in [5, 5.41) is 11.0. The third-order valence-electron chi connectivity index (χ3n) is 7.77. The number of nitrogens with two attached hydrogens (primary N) is 1. The van der Waals surface area contributed by atoms with E-state index in [0.29, 0.717) is 33.6 Å². The highest BCUT2D eigenvalue weighted by Crippen LogP contribution is 2.36. The number of hydrogen-bond donors (Lipinski definition) is 2. The number of halogens is 3. The average Bonchev–Trinajstić information content (AvgIpc) is 3.56. The number of amides is 2. The molecular weight excluding hydrogens is 609 g/mol. The van der Waals surface area contributed by atoms with Gasteiger partial charge in [0.1, 0.15) is 11.6 Å². The molecule has 12 heteroatoms. The van der Waals surface area contributed by atoms with Crippen LogP contribution >= 0.6 is 0 Å². The minimum atomic E-state index is -2.73. The van der Waals surface area contributed by atoms with Crippen LogP contribution in [0.15, 0.2) is 95.6 Å². The predicted molar refractivity (Wildman–Crippen MR) is 170 cm³/mol. The van der Waals surface area contributed by atoms with Gasteiger partial charge >= 0.3 is 0 Å². The quantitative estimate of drug-likeness (QED) is 0.189. The van der Waals surface area contributed by atoms with Crippen LogP contribution in [0.2, 0.25) is 0 Å². The van der Waals surface area contributed by atoms with Gasteiger partial charge in [0.2, 0.25) is 17.7 Å². The Morgan fingerprint density at radius 1 is 0.894 bits per heavy atom. The summed E-state index contributed by atoms with van der Waals surface area (Å²) in [6, 6.07) is 21.9. The molecule has 0 atom stereocenters. The van der Waals surface area contributed by atoms with Crippen molar-refractivity contribution >= 4 is 23.7 Å². The lowest BCUT2D eigenvalue weighted by Gasteiger charge is -2.31. The van der Waals surface area contributed by atoms with Gasteiger partial charge in [-0.05, 0) is 82.4 Å². The lowest BCUT2D eigenvalue weighted by atomic mass is 9.94. The summed E-state index contributed by atoms with van der Waals surface area (Å²) in [5.41, 5.74) is 10.3. The van der Waals surface area contributed by atoms with Gasteiger partial charge in [-0.3, -0.25) is 9.59 Å². The molecule has 0 unspecified atom stereocenters. The molecule has 3 heterocycles. The van der Waals surface area contributed by atoms with Gasteiger partial charge < -0.3 is 20.4 Å². The molecule has 3 N–H and O–H groups in total. The third kappa shape index (κ3) is 7.55. The second-order valence-electron chi connectivity index (χ2n) is 11.1. The molecule has 3 aromatic carbocycles. The molecular formula is C35H29F3N6O3. The van der Waals surface area contributed by atoms with Gasteiger partial charge in [-0.2, -0.15) is 0 Å². The maximum atomic E-state index is 13.8. The number of hydrogen-bond acceptors (Lipinski definition) is 7. The summed E-state index contributed by atoms with van der Waals surface area (Å²) < 4.78 is 46.8. The first kappa shape index (κ1) is 31.2. The molecule has 0 radical (unpaired) electrons. The van der Waals surface area contributed by atoms with Crippen molar-refractivity contribution in [3.8, 4) is 33.7 Å². The van der Waals surface area contributed by atoms with E-state index in [2.05, 4.69) is 20.5 Å². The largest absolute Gasteiger partial charge is 0.419 e. The van der Waals surface area contributed by atoms with Crippen LogP contribution in [0.4, 0.5) is 19.0 Å². The Hall–Kier alpha value is -5.78. The van der Waals surface area contributed by atoms with Crippen LogP contribution in [0.3, 0.4) is 0 Å². The minimum absolute atomic E-state index is 0.00888. The standard InChI is InChI=1S/C35H29F3N6O3/c36-27-10-7-24(8-11-27)29-19-26(23-3-5-25(6-4-23)34(46)44-17-15-35(37,38)16-18-44)9-12-28(29)33-43-42-32(47-33)21-41-31(45)14-2-22-1-13-30(39)40-20-22/h1-14,19-20H,15-18,21H2,(H2,39,40)(H,41,45). The van der Waals surface area contributed by atoms with Crippen LogP contribution < -0.4 is 11.1 Å². The highest BCUT2D eigenvalue weighted by atomic mass is 19.3. The van der Waals surface area contributed by atoms with E-state index in [-0.39, 0.29) is 61.9 Å². The van der Waals surface area contributed by atoms with Crippen molar-refractivity contribution in [3.05, 3.63) is 114 Å². The third-order valence-corrected chi connectivity index (χ3v) is 7.77. The van der Waals surface area contributed by atoms with Gasteiger partial charge in [0.05, 0.1) is 6.54 Å². The van der Waals surface area contributed by atoms with Gasteiger partial charge in [0.25, 0.3) is 11.8 Å². The topological polar surface area (TPSA) is 127 Å². The predicted octanol–water partition coefficient (Wildman–Crippen LogP) is 6.39. The first-order chi connectivity index (χ1) is 22.6. The minimum Gasteiger partial charge on any atom is -0.419 e. The van der Waals surface area contributed by atoms with Crippen LogP contribution in [-0.4, -0.2) is 50.9 Å². The normalized spacial score (nSPS) is 14.3. The first-order valence-corrected chi connectivity index (χ1v) is 14.8. The number of pyridine rings is 1. The van der Waals surface area contributed by atoms with E-state index in [1.807, 2.05) is 12.1 Å². The molecule has 238 valence electrons. The highest BCUT2D eigenvalue weighted by Gasteiger charge is 2.35. The van der Waals surface area contributed by atoms with E-state index < -0.39 is 5.92 Å². The molecule has 47 heavy (non-hydrogen) atoms. The molecule has 0 saturated carbocycles. The lowest BCUT2D eigenvalue weighted by Crippen LogP contribution is -2.42. The molecule has 0 bridgehead atoms. The van der Waals surface area contributed by atoms with E-state index in [1.54, 1.807) is 66.9 Å². The Labute approximate surface area is 268 Å². The smallest absolute Gasteiger partial charge is 0.253 e. The number of benzene rings is 3. The van der Waals surface area contributed by atoms with Gasteiger partial charge in [-0.25, -0.2) is 18.2 Å². The summed E-state index contributed by atoms with van der Waals surface area (Å²) in [6.07, 6.45) is 3.82. The molecule has 0 spiro atoms. The number of aromatic nitrogens is 3.